The Morgan fingerprint density at radius 2 is 1.56 bits per heavy atom. The lowest BCUT2D eigenvalue weighted by Gasteiger charge is -2.12. The predicted molar refractivity (Wildman–Crippen MR) is 58.0 cm³/mol. The highest BCUT2D eigenvalue weighted by molar-refractivity contribution is 8.17. The molecular formula is C10H5ClO4S. The third-order valence-corrected chi connectivity index (χ3v) is 3.51. The van der Waals surface area contributed by atoms with E-state index in [-0.39, 0.29) is 11.1 Å². The molecule has 0 saturated carbocycles. The average Bonchev–Trinajstić information content (AvgIpc) is 2.22. The van der Waals surface area contributed by atoms with E-state index in [1.807, 2.05) is 0 Å². The Hall–Kier alpha value is -1.46. The minimum atomic E-state index is -4.19. The summed E-state index contributed by atoms with van der Waals surface area (Å²) in [5.41, 5.74) is 0.255. The minimum absolute atomic E-state index is 0.0641. The first kappa shape index (κ1) is 11.0. The van der Waals surface area contributed by atoms with Crippen molar-refractivity contribution in [1.82, 2.24) is 0 Å². The topological polar surface area (TPSA) is 68.3 Å². The first-order chi connectivity index (χ1) is 7.41. The van der Waals surface area contributed by atoms with Gasteiger partial charge in [0.1, 0.15) is 4.91 Å². The standard InChI is InChI=1S/C10H5ClO4S/c11-16(14,15)9-5-8(12)6-3-1-2-4-7(6)10(9)13/h1-5H. The first-order valence-electron chi connectivity index (χ1n) is 4.25. The first-order valence-corrected chi connectivity index (χ1v) is 6.56. The van der Waals surface area contributed by atoms with Crippen LogP contribution in [-0.2, 0) is 9.05 Å². The number of carbonyl (C=O) groups is 2. The number of rotatable bonds is 1. The van der Waals surface area contributed by atoms with Crippen molar-refractivity contribution in [1.29, 1.82) is 0 Å². The van der Waals surface area contributed by atoms with E-state index in [1.54, 1.807) is 12.1 Å². The largest absolute Gasteiger partial charge is 0.289 e. The van der Waals surface area contributed by atoms with Crippen molar-refractivity contribution >= 4 is 31.3 Å². The molecule has 0 bridgehead atoms. The van der Waals surface area contributed by atoms with Crippen molar-refractivity contribution in [3.63, 3.8) is 0 Å². The fourth-order valence-electron chi connectivity index (χ4n) is 1.47. The van der Waals surface area contributed by atoms with Gasteiger partial charge in [-0.2, -0.15) is 0 Å². The number of halogens is 1. The van der Waals surface area contributed by atoms with Gasteiger partial charge in [0.2, 0.25) is 5.78 Å². The van der Waals surface area contributed by atoms with Gasteiger partial charge in [0, 0.05) is 27.9 Å². The van der Waals surface area contributed by atoms with Crippen LogP contribution in [0.2, 0.25) is 0 Å². The molecule has 4 nitrogen and oxygen atoms in total. The average molecular weight is 257 g/mol. The lowest BCUT2D eigenvalue weighted by atomic mass is 9.95. The van der Waals surface area contributed by atoms with E-state index >= 15 is 0 Å². The number of ketones is 2. The summed E-state index contributed by atoms with van der Waals surface area (Å²) >= 11 is 0. The number of Topliss-reactive ketones (excluding diaryl/α,β-unsaturated/α-hetero) is 1. The zero-order chi connectivity index (χ0) is 11.9. The van der Waals surface area contributed by atoms with E-state index < -0.39 is 25.5 Å². The molecule has 0 spiro atoms. The van der Waals surface area contributed by atoms with Crippen LogP contribution in [0.4, 0.5) is 0 Å². The fourth-order valence-corrected chi connectivity index (χ4v) is 2.40. The molecule has 0 heterocycles. The van der Waals surface area contributed by atoms with Crippen LogP contribution in [0, 0.1) is 0 Å². The normalized spacial score (nSPS) is 15.7. The Morgan fingerprint density at radius 3 is 2.12 bits per heavy atom. The molecule has 0 saturated heterocycles. The smallest absolute Gasteiger partial charge is 0.265 e. The molecule has 1 aliphatic carbocycles. The number of hydrogen-bond acceptors (Lipinski definition) is 4. The number of fused-ring (bicyclic) bond motifs is 1. The van der Waals surface area contributed by atoms with Crippen molar-refractivity contribution in [3.05, 3.63) is 46.4 Å². The molecule has 0 aliphatic heterocycles. The van der Waals surface area contributed by atoms with Gasteiger partial charge in [-0.25, -0.2) is 8.42 Å². The van der Waals surface area contributed by atoms with Crippen molar-refractivity contribution in [2.75, 3.05) is 0 Å². The van der Waals surface area contributed by atoms with E-state index in [9.17, 15) is 18.0 Å². The maximum absolute atomic E-state index is 11.7. The van der Waals surface area contributed by atoms with Gasteiger partial charge in [-0.15, -0.1) is 0 Å². The zero-order valence-corrected chi connectivity index (χ0v) is 9.38. The van der Waals surface area contributed by atoms with Gasteiger partial charge in [0.05, 0.1) is 0 Å². The third-order valence-electron chi connectivity index (χ3n) is 2.19. The van der Waals surface area contributed by atoms with Crippen molar-refractivity contribution in [2.24, 2.45) is 0 Å². The van der Waals surface area contributed by atoms with Gasteiger partial charge in [-0.1, -0.05) is 24.3 Å². The predicted octanol–water partition coefficient (Wildman–Crippen LogP) is 1.52. The van der Waals surface area contributed by atoms with E-state index in [0.717, 1.165) is 6.08 Å². The van der Waals surface area contributed by atoms with Crippen LogP contribution in [0.3, 0.4) is 0 Å². The fraction of sp³-hybridized carbons (Fsp3) is 0. The highest BCUT2D eigenvalue weighted by Crippen LogP contribution is 2.25. The van der Waals surface area contributed by atoms with Gasteiger partial charge in [0.25, 0.3) is 9.05 Å². The maximum atomic E-state index is 11.7. The van der Waals surface area contributed by atoms with E-state index in [4.69, 9.17) is 10.7 Å². The summed E-state index contributed by atoms with van der Waals surface area (Å²) in [7, 11) is 0.882. The zero-order valence-electron chi connectivity index (χ0n) is 7.81. The Labute approximate surface area is 96.0 Å². The van der Waals surface area contributed by atoms with Crippen molar-refractivity contribution in [3.8, 4) is 0 Å². The monoisotopic (exact) mass is 256 g/mol. The van der Waals surface area contributed by atoms with Crippen LogP contribution in [0.5, 0.6) is 0 Å². The van der Waals surface area contributed by atoms with Gasteiger partial charge < -0.3 is 0 Å². The second kappa shape index (κ2) is 3.54. The molecule has 0 N–H and O–H groups in total. The van der Waals surface area contributed by atoms with Crippen LogP contribution in [0.15, 0.2) is 35.2 Å². The number of benzene rings is 1. The number of allylic oxidation sites excluding steroid dienone is 2. The molecule has 6 heteroatoms. The van der Waals surface area contributed by atoms with E-state index in [2.05, 4.69) is 0 Å². The second-order valence-corrected chi connectivity index (χ2v) is 5.72. The number of hydrogen-bond donors (Lipinski definition) is 0. The SMILES string of the molecule is O=C1C=C(S(=O)(=O)Cl)C(=O)c2ccccc21. The number of carbonyl (C=O) groups excluding carboxylic acids is 2. The van der Waals surface area contributed by atoms with Gasteiger partial charge in [-0.05, 0) is 0 Å². The van der Waals surface area contributed by atoms with Gasteiger partial charge >= 0.3 is 0 Å². The van der Waals surface area contributed by atoms with E-state index in [1.165, 1.54) is 12.1 Å². The van der Waals surface area contributed by atoms with Crippen LogP contribution in [0.25, 0.3) is 0 Å². The van der Waals surface area contributed by atoms with Gasteiger partial charge in [-0.3, -0.25) is 9.59 Å². The molecule has 1 aliphatic rings. The molecule has 0 radical (unpaired) electrons. The summed E-state index contributed by atoms with van der Waals surface area (Å²) in [4.78, 5) is 22.6. The van der Waals surface area contributed by atoms with Crippen LogP contribution >= 0.6 is 10.7 Å². The summed E-state index contributed by atoms with van der Waals surface area (Å²) in [5.74, 6) is -1.28. The molecule has 1 aromatic carbocycles. The summed E-state index contributed by atoms with van der Waals surface area (Å²) in [6.07, 6.45) is 0.757. The second-order valence-electron chi connectivity index (χ2n) is 3.19. The molecule has 0 atom stereocenters. The Kier molecular flexibility index (Phi) is 2.44. The Morgan fingerprint density at radius 1 is 1.00 bits per heavy atom. The summed E-state index contributed by atoms with van der Waals surface area (Å²) in [5, 5.41) is 0. The van der Waals surface area contributed by atoms with Crippen molar-refractivity contribution < 1.29 is 18.0 Å². The molecule has 0 fully saturated rings. The molecule has 82 valence electrons. The molecule has 16 heavy (non-hydrogen) atoms. The quantitative estimate of drug-likeness (QED) is 0.715. The van der Waals surface area contributed by atoms with Crippen LogP contribution in [0.1, 0.15) is 20.7 Å². The molecule has 0 amide bonds. The highest BCUT2D eigenvalue weighted by Gasteiger charge is 2.31. The van der Waals surface area contributed by atoms with Crippen molar-refractivity contribution in [2.45, 2.75) is 0 Å². The lowest BCUT2D eigenvalue weighted by Crippen LogP contribution is -2.19. The highest BCUT2D eigenvalue weighted by atomic mass is 35.7. The molecule has 1 aromatic rings. The summed E-state index contributed by atoms with van der Waals surface area (Å²) in [6.45, 7) is 0. The Balaban J connectivity index is 2.70. The third kappa shape index (κ3) is 1.68. The summed E-state index contributed by atoms with van der Waals surface area (Å²) in [6, 6.07) is 6.00. The molecule has 2 rings (SSSR count). The van der Waals surface area contributed by atoms with Gasteiger partial charge in [0.15, 0.2) is 5.78 Å². The minimum Gasteiger partial charge on any atom is -0.289 e. The van der Waals surface area contributed by atoms with Crippen LogP contribution in [-0.4, -0.2) is 20.0 Å². The molecule has 0 unspecified atom stereocenters. The van der Waals surface area contributed by atoms with Crippen LogP contribution < -0.4 is 0 Å². The Bertz CT molecular complexity index is 628. The van der Waals surface area contributed by atoms with E-state index in [0.29, 0.717) is 0 Å². The lowest BCUT2D eigenvalue weighted by molar-refractivity contribution is 0.0990. The summed E-state index contributed by atoms with van der Waals surface area (Å²) < 4.78 is 22.2. The maximum Gasteiger partial charge on any atom is 0.265 e. The molecular weight excluding hydrogens is 252 g/mol. The molecule has 0 aromatic heterocycles.